The van der Waals surface area contributed by atoms with E-state index in [2.05, 4.69) is 5.32 Å². The van der Waals surface area contributed by atoms with Gasteiger partial charge in [-0.15, -0.1) is 0 Å². The molecule has 4 nitrogen and oxygen atoms in total. The number of amides is 1. The molecule has 2 rings (SSSR count). The lowest BCUT2D eigenvalue weighted by molar-refractivity contribution is 0.0916. The van der Waals surface area contributed by atoms with Crippen LogP contribution in [0.4, 0.5) is 0 Å². The van der Waals surface area contributed by atoms with Gasteiger partial charge in [0.15, 0.2) is 0 Å². The molecule has 0 atom stereocenters. The Bertz CT molecular complexity index is 543. The molecule has 0 spiro atoms. The highest BCUT2D eigenvalue weighted by Gasteiger charge is 2.21. The van der Waals surface area contributed by atoms with E-state index in [0.29, 0.717) is 17.7 Å². The minimum absolute atomic E-state index is 0.162. The molecule has 17 heavy (non-hydrogen) atoms. The van der Waals surface area contributed by atoms with Crippen LogP contribution in [0.5, 0.6) is 0 Å². The number of benzene rings is 1. The zero-order chi connectivity index (χ0) is 12.5. The number of carbonyl (C=O) groups is 1. The van der Waals surface area contributed by atoms with Crippen LogP contribution in [0.25, 0.3) is 11.0 Å². The first-order chi connectivity index (χ1) is 8.03. The molecule has 1 amide bonds. The Morgan fingerprint density at radius 1 is 1.41 bits per heavy atom. The van der Waals surface area contributed by atoms with Crippen molar-refractivity contribution >= 4 is 16.9 Å². The fourth-order valence-electron chi connectivity index (χ4n) is 1.58. The minimum Gasteiger partial charge on any atom is -0.463 e. The molecule has 3 N–H and O–H groups in total. The summed E-state index contributed by atoms with van der Waals surface area (Å²) in [6.45, 7) is 4.15. The Morgan fingerprint density at radius 2 is 2.12 bits per heavy atom. The van der Waals surface area contributed by atoms with Crippen molar-refractivity contribution in [3.63, 3.8) is 0 Å². The number of para-hydroxylation sites is 1. The smallest absolute Gasteiger partial charge is 0.255 e. The van der Waals surface area contributed by atoms with Crippen molar-refractivity contribution in [3.05, 3.63) is 36.1 Å². The van der Waals surface area contributed by atoms with E-state index in [1.54, 1.807) is 0 Å². The molecule has 90 valence electrons. The quantitative estimate of drug-likeness (QED) is 0.849. The highest BCUT2D eigenvalue weighted by molar-refractivity contribution is 6.06. The maximum Gasteiger partial charge on any atom is 0.255 e. The van der Waals surface area contributed by atoms with Crippen LogP contribution in [-0.2, 0) is 0 Å². The van der Waals surface area contributed by atoms with E-state index < -0.39 is 5.54 Å². The van der Waals surface area contributed by atoms with Crippen molar-refractivity contribution in [3.8, 4) is 0 Å². The van der Waals surface area contributed by atoms with Crippen LogP contribution in [0.15, 0.2) is 34.9 Å². The number of nitrogens with two attached hydrogens (primary N) is 1. The Labute approximate surface area is 99.8 Å². The predicted octanol–water partition coefficient (Wildman–Crippen LogP) is 1.90. The van der Waals surface area contributed by atoms with Crippen LogP contribution < -0.4 is 11.1 Å². The first kappa shape index (κ1) is 11.7. The summed E-state index contributed by atoms with van der Waals surface area (Å²) in [5, 5.41) is 3.69. The van der Waals surface area contributed by atoms with Crippen molar-refractivity contribution < 1.29 is 9.21 Å². The van der Waals surface area contributed by atoms with Gasteiger partial charge in [0.2, 0.25) is 0 Å². The molecule has 1 heterocycles. The monoisotopic (exact) mass is 232 g/mol. The number of hydrogen-bond acceptors (Lipinski definition) is 3. The Balaban J connectivity index is 2.31. The van der Waals surface area contributed by atoms with Crippen LogP contribution in [0.2, 0.25) is 0 Å². The highest BCUT2D eigenvalue weighted by Crippen LogP contribution is 2.20. The normalized spacial score (nSPS) is 11.7. The predicted molar refractivity (Wildman–Crippen MR) is 66.8 cm³/mol. The number of furan rings is 1. The van der Waals surface area contributed by atoms with Crippen LogP contribution in [-0.4, -0.2) is 18.0 Å². The van der Waals surface area contributed by atoms with Gasteiger partial charge in [0, 0.05) is 17.5 Å². The Kier molecular flexibility index (Phi) is 2.90. The molecular formula is C13H16N2O2. The zero-order valence-electron chi connectivity index (χ0n) is 9.99. The second kappa shape index (κ2) is 4.22. The summed E-state index contributed by atoms with van der Waals surface area (Å²) in [4.78, 5) is 12.1. The van der Waals surface area contributed by atoms with E-state index in [4.69, 9.17) is 10.2 Å². The fraction of sp³-hybridized carbons (Fsp3) is 0.308. The average molecular weight is 232 g/mol. The first-order valence-corrected chi connectivity index (χ1v) is 5.52. The van der Waals surface area contributed by atoms with Crippen LogP contribution >= 0.6 is 0 Å². The van der Waals surface area contributed by atoms with E-state index >= 15 is 0 Å². The molecule has 0 unspecified atom stereocenters. The topological polar surface area (TPSA) is 68.3 Å². The molecule has 4 heteroatoms. The third-order valence-corrected chi connectivity index (χ3v) is 2.69. The Morgan fingerprint density at radius 3 is 2.82 bits per heavy atom. The fourth-order valence-corrected chi connectivity index (χ4v) is 1.58. The summed E-state index contributed by atoms with van der Waals surface area (Å²) in [6.07, 6.45) is 1.48. The van der Waals surface area contributed by atoms with Gasteiger partial charge in [-0.2, -0.15) is 0 Å². The van der Waals surface area contributed by atoms with E-state index in [-0.39, 0.29) is 5.91 Å². The second-order valence-corrected chi connectivity index (χ2v) is 4.69. The van der Waals surface area contributed by atoms with Gasteiger partial charge in [0.05, 0.1) is 5.56 Å². The van der Waals surface area contributed by atoms with Gasteiger partial charge in [-0.1, -0.05) is 18.2 Å². The summed E-state index contributed by atoms with van der Waals surface area (Å²) in [5.41, 5.74) is 6.42. The highest BCUT2D eigenvalue weighted by atomic mass is 16.3. The molecule has 0 aliphatic heterocycles. The SMILES string of the molecule is CC(C)(CN)NC(=O)c1coc2ccccc12. The number of hydrogen-bond donors (Lipinski definition) is 2. The van der Waals surface area contributed by atoms with Gasteiger partial charge >= 0.3 is 0 Å². The molecular weight excluding hydrogens is 216 g/mol. The molecule has 0 fully saturated rings. The number of rotatable bonds is 3. The van der Waals surface area contributed by atoms with E-state index in [9.17, 15) is 4.79 Å². The number of carbonyl (C=O) groups excluding carboxylic acids is 1. The Hall–Kier alpha value is -1.81. The lowest BCUT2D eigenvalue weighted by Crippen LogP contribution is -2.48. The van der Waals surface area contributed by atoms with Gasteiger partial charge in [-0.05, 0) is 19.9 Å². The summed E-state index contributed by atoms with van der Waals surface area (Å²) < 4.78 is 5.33. The van der Waals surface area contributed by atoms with Crippen molar-refractivity contribution in [2.24, 2.45) is 5.73 Å². The lowest BCUT2D eigenvalue weighted by atomic mass is 10.1. The van der Waals surface area contributed by atoms with E-state index in [1.807, 2.05) is 38.1 Å². The van der Waals surface area contributed by atoms with Gasteiger partial charge < -0.3 is 15.5 Å². The van der Waals surface area contributed by atoms with Gasteiger partial charge in [-0.3, -0.25) is 4.79 Å². The number of nitrogens with one attached hydrogen (secondary N) is 1. The lowest BCUT2D eigenvalue weighted by Gasteiger charge is -2.23. The van der Waals surface area contributed by atoms with Gasteiger partial charge in [0.1, 0.15) is 11.8 Å². The molecule has 0 aliphatic rings. The molecule has 1 aromatic carbocycles. The van der Waals surface area contributed by atoms with Crippen molar-refractivity contribution in [1.82, 2.24) is 5.32 Å². The first-order valence-electron chi connectivity index (χ1n) is 5.52. The molecule has 0 bridgehead atoms. The zero-order valence-corrected chi connectivity index (χ0v) is 9.99. The maximum atomic E-state index is 12.1. The molecule has 0 saturated heterocycles. The largest absolute Gasteiger partial charge is 0.463 e. The van der Waals surface area contributed by atoms with Crippen LogP contribution in [0.3, 0.4) is 0 Å². The van der Waals surface area contributed by atoms with Gasteiger partial charge in [-0.25, -0.2) is 0 Å². The van der Waals surface area contributed by atoms with Crippen LogP contribution in [0, 0.1) is 0 Å². The minimum atomic E-state index is -0.421. The summed E-state index contributed by atoms with van der Waals surface area (Å²) >= 11 is 0. The molecule has 2 aromatic rings. The standard InChI is InChI=1S/C13H16N2O2/c1-13(2,8-14)15-12(16)10-7-17-11-6-4-3-5-9(10)11/h3-7H,8,14H2,1-2H3,(H,15,16). The van der Waals surface area contributed by atoms with E-state index in [0.717, 1.165) is 5.39 Å². The molecule has 1 aromatic heterocycles. The summed E-state index contributed by atoms with van der Waals surface area (Å²) in [5.74, 6) is -0.162. The second-order valence-electron chi connectivity index (χ2n) is 4.69. The van der Waals surface area contributed by atoms with Crippen molar-refractivity contribution in [2.45, 2.75) is 19.4 Å². The van der Waals surface area contributed by atoms with Gasteiger partial charge in [0.25, 0.3) is 5.91 Å². The van der Waals surface area contributed by atoms with Crippen LogP contribution in [0.1, 0.15) is 24.2 Å². The summed E-state index contributed by atoms with van der Waals surface area (Å²) in [6, 6.07) is 7.45. The molecule has 0 saturated carbocycles. The summed E-state index contributed by atoms with van der Waals surface area (Å²) in [7, 11) is 0. The average Bonchev–Trinajstić information content (AvgIpc) is 2.72. The third kappa shape index (κ3) is 2.31. The molecule has 0 radical (unpaired) electrons. The van der Waals surface area contributed by atoms with Crippen molar-refractivity contribution in [1.29, 1.82) is 0 Å². The maximum absolute atomic E-state index is 12.1. The number of fused-ring (bicyclic) bond motifs is 1. The molecule has 0 aliphatic carbocycles. The van der Waals surface area contributed by atoms with E-state index in [1.165, 1.54) is 6.26 Å². The van der Waals surface area contributed by atoms with Crippen molar-refractivity contribution in [2.75, 3.05) is 6.54 Å². The third-order valence-electron chi connectivity index (χ3n) is 2.69.